The molecule has 21 heavy (non-hydrogen) atoms. The lowest BCUT2D eigenvalue weighted by atomic mass is 9.62. The van der Waals surface area contributed by atoms with Crippen molar-refractivity contribution in [2.24, 2.45) is 11.3 Å². The van der Waals surface area contributed by atoms with Crippen molar-refractivity contribution in [2.75, 3.05) is 0 Å². The molecule has 0 amide bonds. The summed E-state index contributed by atoms with van der Waals surface area (Å²) >= 11 is 0. The minimum absolute atomic E-state index is 0.0947. The van der Waals surface area contributed by atoms with Crippen LogP contribution in [0, 0.1) is 11.3 Å². The Balaban J connectivity index is 2.14. The third-order valence-electron chi connectivity index (χ3n) is 4.84. The molecule has 2 unspecified atom stereocenters. The molecule has 0 heterocycles. The van der Waals surface area contributed by atoms with E-state index in [-0.39, 0.29) is 5.41 Å². The van der Waals surface area contributed by atoms with E-state index in [1.807, 2.05) is 0 Å². The molecule has 0 fully saturated rings. The average molecular weight is 274 g/mol. The maximum atomic E-state index is 2.38. The van der Waals surface area contributed by atoms with Gasteiger partial charge in [0.05, 0.1) is 0 Å². The summed E-state index contributed by atoms with van der Waals surface area (Å²) in [6.07, 6.45) is 9.06. The predicted molar refractivity (Wildman–Crippen MR) is 90.3 cm³/mol. The van der Waals surface area contributed by atoms with E-state index in [0.717, 1.165) is 0 Å². The molecular formula is C21H22. The first kappa shape index (κ1) is 13.9. The summed E-state index contributed by atoms with van der Waals surface area (Å²) < 4.78 is 0. The lowest BCUT2D eigenvalue weighted by Gasteiger charge is -2.41. The quantitative estimate of drug-likeness (QED) is 0.684. The van der Waals surface area contributed by atoms with Crippen molar-refractivity contribution in [3.8, 4) is 0 Å². The summed E-state index contributed by atoms with van der Waals surface area (Å²) in [5.41, 5.74) is 2.87. The van der Waals surface area contributed by atoms with E-state index in [1.54, 1.807) is 0 Å². The van der Waals surface area contributed by atoms with Gasteiger partial charge in [-0.3, -0.25) is 0 Å². The summed E-state index contributed by atoms with van der Waals surface area (Å²) in [4.78, 5) is 0. The first-order valence-corrected chi connectivity index (χ1v) is 7.68. The van der Waals surface area contributed by atoms with Crippen LogP contribution < -0.4 is 0 Å². The largest absolute Gasteiger partial charge is 0.0808 e. The Morgan fingerprint density at radius 3 is 1.81 bits per heavy atom. The predicted octanol–water partition coefficient (Wildman–Crippen LogP) is 5.59. The Kier molecular flexibility index (Phi) is 3.79. The van der Waals surface area contributed by atoms with Crippen LogP contribution in [0.4, 0.5) is 0 Å². The monoisotopic (exact) mass is 274 g/mol. The van der Waals surface area contributed by atoms with Gasteiger partial charge in [0, 0.05) is 11.3 Å². The summed E-state index contributed by atoms with van der Waals surface area (Å²) in [5.74, 6) is 0.879. The van der Waals surface area contributed by atoms with E-state index in [1.165, 1.54) is 11.1 Å². The molecule has 0 bridgehead atoms. The van der Waals surface area contributed by atoms with E-state index in [9.17, 15) is 0 Å². The molecule has 0 saturated heterocycles. The fourth-order valence-corrected chi connectivity index (χ4v) is 3.41. The first-order valence-electron chi connectivity index (χ1n) is 7.68. The van der Waals surface area contributed by atoms with Crippen LogP contribution in [-0.2, 0) is 0 Å². The third-order valence-corrected chi connectivity index (χ3v) is 4.84. The topological polar surface area (TPSA) is 0 Å². The molecule has 1 aliphatic rings. The van der Waals surface area contributed by atoms with Crippen LogP contribution in [0.25, 0.3) is 0 Å². The second-order valence-corrected chi connectivity index (χ2v) is 6.15. The van der Waals surface area contributed by atoms with Crippen LogP contribution in [0.1, 0.15) is 30.9 Å². The zero-order valence-electron chi connectivity index (χ0n) is 12.7. The van der Waals surface area contributed by atoms with Gasteiger partial charge in [-0.15, -0.1) is 0 Å². The highest BCUT2D eigenvalue weighted by Crippen LogP contribution is 2.48. The fourth-order valence-electron chi connectivity index (χ4n) is 3.41. The Morgan fingerprint density at radius 1 is 0.810 bits per heavy atom. The molecular weight excluding hydrogens is 252 g/mol. The molecule has 106 valence electrons. The number of hydrogen-bond donors (Lipinski definition) is 0. The SMILES string of the molecule is CC1C=CC=CC1(C)C(c1ccccc1)c1ccccc1. The van der Waals surface area contributed by atoms with Gasteiger partial charge in [0.1, 0.15) is 0 Å². The zero-order chi connectivity index (χ0) is 14.7. The molecule has 0 nitrogen and oxygen atoms in total. The first-order chi connectivity index (χ1) is 10.2. The standard InChI is InChI=1S/C21H22/c1-17-11-9-10-16-21(17,2)20(18-12-5-3-6-13-18)19-14-7-4-8-15-19/h3-17,20H,1-2H3. The Morgan fingerprint density at radius 2 is 1.33 bits per heavy atom. The van der Waals surface area contributed by atoms with Gasteiger partial charge in [-0.05, 0) is 17.0 Å². The van der Waals surface area contributed by atoms with Gasteiger partial charge in [0.2, 0.25) is 0 Å². The van der Waals surface area contributed by atoms with Gasteiger partial charge in [-0.1, -0.05) is 98.8 Å². The van der Waals surface area contributed by atoms with Crippen molar-refractivity contribution >= 4 is 0 Å². The maximum absolute atomic E-state index is 2.38. The molecule has 0 heteroatoms. The zero-order valence-corrected chi connectivity index (χ0v) is 12.7. The molecule has 0 aliphatic heterocycles. The molecule has 0 saturated carbocycles. The molecule has 2 aromatic carbocycles. The smallest absolute Gasteiger partial charge is 0.0183 e. The Labute approximate surface area is 127 Å². The van der Waals surface area contributed by atoms with E-state index in [2.05, 4.69) is 98.8 Å². The number of hydrogen-bond acceptors (Lipinski definition) is 0. The number of benzene rings is 2. The molecule has 2 aromatic rings. The molecule has 3 rings (SSSR count). The minimum atomic E-state index is 0.0947. The van der Waals surface area contributed by atoms with Gasteiger partial charge in [-0.2, -0.15) is 0 Å². The van der Waals surface area contributed by atoms with Gasteiger partial charge < -0.3 is 0 Å². The lowest BCUT2D eigenvalue weighted by molar-refractivity contribution is 0.284. The highest BCUT2D eigenvalue weighted by atomic mass is 14.4. The van der Waals surface area contributed by atoms with Crippen LogP contribution in [-0.4, -0.2) is 0 Å². The normalized spacial score (nSPS) is 24.4. The molecule has 0 spiro atoms. The van der Waals surface area contributed by atoms with Crippen LogP contribution in [0.15, 0.2) is 85.0 Å². The summed E-state index contributed by atoms with van der Waals surface area (Å²) in [7, 11) is 0. The van der Waals surface area contributed by atoms with Crippen molar-refractivity contribution in [1.29, 1.82) is 0 Å². The van der Waals surface area contributed by atoms with Crippen molar-refractivity contribution in [3.63, 3.8) is 0 Å². The summed E-state index contributed by atoms with van der Waals surface area (Å²) in [6, 6.07) is 21.8. The van der Waals surface area contributed by atoms with Crippen molar-refractivity contribution in [2.45, 2.75) is 19.8 Å². The molecule has 0 aromatic heterocycles. The van der Waals surface area contributed by atoms with E-state index < -0.39 is 0 Å². The van der Waals surface area contributed by atoms with E-state index in [4.69, 9.17) is 0 Å². The van der Waals surface area contributed by atoms with Crippen molar-refractivity contribution in [3.05, 3.63) is 96.1 Å². The van der Waals surface area contributed by atoms with Gasteiger partial charge in [0.25, 0.3) is 0 Å². The highest BCUT2D eigenvalue weighted by Gasteiger charge is 2.38. The number of allylic oxidation sites excluding steroid dienone is 4. The highest BCUT2D eigenvalue weighted by molar-refractivity contribution is 5.39. The second-order valence-electron chi connectivity index (χ2n) is 6.15. The average Bonchev–Trinajstić information content (AvgIpc) is 2.53. The van der Waals surface area contributed by atoms with Crippen LogP contribution in [0.2, 0.25) is 0 Å². The Bertz CT molecular complexity index is 597. The van der Waals surface area contributed by atoms with E-state index in [0.29, 0.717) is 11.8 Å². The molecule has 1 aliphatic carbocycles. The summed E-state index contributed by atoms with van der Waals surface area (Å²) in [5, 5.41) is 0. The maximum Gasteiger partial charge on any atom is 0.0183 e. The van der Waals surface area contributed by atoms with Crippen molar-refractivity contribution in [1.82, 2.24) is 0 Å². The lowest BCUT2D eigenvalue weighted by Crippen LogP contribution is -2.31. The third kappa shape index (κ3) is 2.58. The summed E-state index contributed by atoms with van der Waals surface area (Å²) in [6.45, 7) is 4.70. The fraction of sp³-hybridized carbons (Fsp3) is 0.238. The van der Waals surface area contributed by atoms with Crippen LogP contribution in [0.5, 0.6) is 0 Å². The van der Waals surface area contributed by atoms with Crippen LogP contribution in [0.3, 0.4) is 0 Å². The van der Waals surface area contributed by atoms with E-state index >= 15 is 0 Å². The molecule has 0 radical (unpaired) electrons. The Hall–Kier alpha value is -2.08. The molecule has 0 N–H and O–H groups in total. The van der Waals surface area contributed by atoms with Gasteiger partial charge >= 0.3 is 0 Å². The van der Waals surface area contributed by atoms with Gasteiger partial charge in [-0.25, -0.2) is 0 Å². The van der Waals surface area contributed by atoms with Crippen molar-refractivity contribution < 1.29 is 0 Å². The van der Waals surface area contributed by atoms with Gasteiger partial charge in [0.15, 0.2) is 0 Å². The molecule has 2 atom stereocenters. The van der Waals surface area contributed by atoms with Crippen LogP contribution >= 0.6 is 0 Å². The second kappa shape index (κ2) is 5.73. The minimum Gasteiger partial charge on any atom is -0.0808 e. The number of rotatable bonds is 3.